The molecule has 0 aromatic heterocycles. The minimum Gasteiger partial charge on any atom is -0.370 e. The second-order valence-electron chi connectivity index (χ2n) is 10.2. The Bertz CT molecular complexity index is 1250. The number of rotatable bonds is 14. The molecule has 0 radical (unpaired) electrons. The number of benzene rings is 3. The van der Waals surface area contributed by atoms with E-state index in [-0.39, 0.29) is 43.4 Å². The number of ether oxygens (including phenoxy) is 1. The molecular weight excluding hydrogens is 516 g/mol. The maximum absolute atomic E-state index is 14.1. The molecule has 8 nitrogen and oxygen atoms in total. The molecule has 0 spiro atoms. The molecule has 0 aliphatic carbocycles. The standard InChI is InChI=1S/C33H42N4O4/c1-5-28(34)22-41-23-31(38)36(3)30(21-25-16-18-27(19-17-25)26-14-10-7-11-15-26)33(40)37(4)29(32(39)35-2)20-24-12-8-6-9-13-24/h6-19,28-30H,5,20-23,34H2,1-4H3,(H,35,39)/t28?,29-,30-/m1/s1. The van der Waals surface area contributed by atoms with Gasteiger partial charge in [-0.25, -0.2) is 0 Å². The van der Waals surface area contributed by atoms with Crippen molar-refractivity contribution in [2.75, 3.05) is 34.4 Å². The molecule has 3 rings (SSSR count). The molecule has 41 heavy (non-hydrogen) atoms. The number of nitrogens with two attached hydrogens (primary N) is 1. The molecule has 0 aliphatic heterocycles. The second kappa shape index (κ2) is 15.7. The van der Waals surface area contributed by atoms with E-state index in [0.717, 1.165) is 28.7 Å². The first-order chi connectivity index (χ1) is 19.7. The first-order valence-corrected chi connectivity index (χ1v) is 14.0. The van der Waals surface area contributed by atoms with Gasteiger partial charge in [-0.05, 0) is 28.7 Å². The first kappa shape index (κ1) is 31.5. The summed E-state index contributed by atoms with van der Waals surface area (Å²) in [5, 5.41) is 2.68. The SMILES string of the molecule is CCC(N)COCC(=O)N(C)[C@H](Cc1ccc(-c2ccccc2)cc1)C(=O)N(C)[C@H](Cc1ccccc1)C(=O)NC. The summed E-state index contributed by atoms with van der Waals surface area (Å²) >= 11 is 0. The van der Waals surface area contributed by atoms with Crippen molar-refractivity contribution in [3.63, 3.8) is 0 Å². The number of carbonyl (C=O) groups is 3. The minimum atomic E-state index is -0.846. The summed E-state index contributed by atoms with van der Waals surface area (Å²) in [6.45, 7) is 2.02. The third-order valence-electron chi connectivity index (χ3n) is 7.35. The fraction of sp³-hybridized carbons (Fsp3) is 0.364. The van der Waals surface area contributed by atoms with Crippen LogP contribution < -0.4 is 11.1 Å². The van der Waals surface area contributed by atoms with Gasteiger partial charge in [0.1, 0.15) is 18.7 Å². The van der Waals surface area contributed by atoms with E-state index in [4.69, 9.17) is 10.5 Å². The van der Waals surface area contributed by atoms with Gasteiger partial charge in [0.2, 0.25) is 17.7 Å². The van der Waals surface area contributed by atoms with Gasteiger partial charge >= 0.3 is 0 Å². The summed E-state index contributed by atoms with van der Waals surface area (Å²) in [5.74, 6) is -0.940. The third-order valence-corrected chi connectivity index (χ3v) is 7.35. The predicted molar refractivity (Wildman–Crippen MR) is 162 cm³/mol. The van der Waals surface area contributed by atoms with E-state index in [1.54, 1.807) is 21.1 Å². The van der Waals surface area contributed by atoms with Crippen molar-refractivity contribution in [1.82, 2.24) is 15.1 Å². The summed E-state index contributed by atoms with van der Waals surface area (Å²) in [6.07, 6.45) is 1.36. The molecule has 0 heterocycles. The molecule has 8 heteroatoms. The van der Waals surface area contributed by atoms with Crippen LogP contribution in [0.25, 0.3) is 11.1 Å². The van der Waals surface area contributed by atoms with Gasteiger partial charge in [-0.3, -0.25) is 14.4 Å². The maximum Gasteiger partial charge on any atom is 0.249 e. The smallest absolute Gasteiger partial charge is 0.249 e. The van der Waals surface area contributed by atoms with Gasteiger partial charge in [0.15, 0.2) is 0 Å². The van der Waals surface area contributed by atoms with Gasteiger partial charge < -0.3 is 25.6 Å². The molecule has 0 fully saturated rings. The number of nitrogens with zero attached hydrogens (tertiary/aromatic N) is 2. The normalized spacial score (nSPS) is 13.1. The zero-order chi connectivity index (χ0) is 29.8. The second-order valence-corrected chi connectivity index (χ2v) is 10.2. The maximum atomic E-state index is 14.1. The number of nitrogens with one attached hydrogen (secondary N) is 1. The Balaban J connectivity index is 1.86. The van der Waals surface area contributed by atoms with Gasteiger partial charge in [0.25, 0.3) is 0 Å². The van der Waals surface area contributed by atoms with Crippen LogP contribution in [-0.2, 0) is 32.0 Å². The van der Waals surface area contributed by atoms with E-state index in [1.807, 2.05) is 91.9 Å². The van der Waals surface area contributed by atoms with E-state index in [9.17, 15) is 14.4 Å². The van der Waals surface area contributed by atoms with Crippen LogP contribution in [0, 0.1) is 0 Å². The molecule has 3 atom stereocenters. The van der Waals surface area contributed by atoms with Crippen molar-refractivity contribution < 1.29 is 19.1 Å². The van der Waals surface area contributed by atoms with Crippen LogP contribution in [0.4, 0.5) is 0 Å². The van der Waals surface area contributed by atoms with Crippen LogP contribution >= 0.6 is 0 Å². The molecule has 0 saturated carbocycles. The minimum absolute atomic E-state index is 0.161. The molecule has 3 aromatic carbocycles. The number of hydrogen-bond donors (Lipinski definition) is 2. The Morgan fingerprint density at radius 3 is 1.90 bits per heavy atom. The fourth-order valence-corrected chi connectivity index (χ4v) is 4.57. The Hall–Kier alpha value is -4.01. The molecular formula is C33H42N4O4. The average molecular weight is 559 g/mol. The van der Waals surface area contributed by atoms with Gasteiger partial charge in [-0.2, -0.15) is 0 Å². The lowest BCUT2D eigenvalue weighted by atomic mass is 9.98. The van der Waals surface area contributed by atoms with Gasteiger partial charge in [-0.15, -0.1) is 0 Å². The highest BCUT2D eigenvalue weighted by Crippen LogP contribution is 2.21. The lowest BCUT2D eigenvalue weighted by Crippen LogP contribution is -2.56. The molecule has 0 bridgehead atoms. The van der Waals surface area contributed by atoms with E-state index in [1.165, 1.54) is 9.80 Å². The highest BCUT2D eigenvalue weighted by atomic mass is 16.5. The van der Waals surface area contributed by atoms with E-state index in [2.05, 4.69) is 5.32 Å². The molecule has 218 valence electrons. The Kier molecular flexibility index (Phi) is 12.1. The van der Waals surface area contributed by atoms with Gasteiger partial charge in [0, 0.05) is 40.0 Å². The molecule has 1 unspecified atom stereocenters. The number of carbonyl (C=O) groups excluding carboxylic acids is 3. The topological polar surface area (TPSA) is 105 Å². The first-order valence-electron chi connectivity index (χ1n) is 14.0. The Labute approximate surface area is 243 Å². The van der Waals surface area contributed by atoms with Crippen molar-refractivity contribution in [2.24, 2.45) is 5.73 Å². The predicted octanol–water partition coefficient (Wildman–Crippen LogP) is 3.29. The third kappa shape index (κ3) is 8.99. The van der Waals surface area contributed by atoms with Crippen LogP contribution in [-0.4, -0.2) is 80.0 Å². The summed E-state index contributed by atoms with van der Waals surface area (Å²) in [5.41, 5.74) is 9.90. The van der Waals surface area contributed by atoms with Crippen molar-refractivity contribution >= 4 is 17.7 Å². The van der Waals surface area contributed by atoms with Crippen molar-refractivity contribution in [3.8, 4) is 11.1 Å². The number of amides is 3. The highest BCUT2D eigenvalue weighted by molar-refractivity contribution is 5.92. The number of likely N-dealkylation sites (N-methyl/N-ethyl adjacent to an activating group) is 3. The summed E-state index contributed by atoms with van der Waals surface area (Å²) in [4.78, 5) is 43.0. The van der Waals surface area contributed by atoms with Crippen LogP contribution in [0.1, 0.15) is 24.5 Å². The summed E-state index contributed by atoms with van der Waals surface area (Å²) in [6, 6.07) is 25.8. The van der Waals surface area contributed by atoms with Gasteiger partial charge in [0.05, 0.1) is 6.61 Å². The average Bonchev–Trinajstić information content (AvgIpc) is 3.02. The molecule has 3 aromatic rings. The lowest BCUT2D eigenvalue weighted by Gasteiger charge is -2.34. The van der Waals surface area contributed by atoms with E-state index in [0.29, 0.717) is 6.42 Å². The van der Waals surface area contributed by atoms with E-state index >= 15 is 0 Å². The van der Waals surface area contributed by atoms with Crippen LogP contribution in [0.3, 0.4) is 0 Å². The largest absolute Gasteiger partial charge is 0.370 e. The molecule has 0 saturated heterocycles. The molecule has 0 aliphatic rings. The summed E-state index contributed by atoms with van der Waals surface area (Å²) < 4.78 is 5.55. The van der Waals surface area contributed by atoms with Crippen LogP contribution in [0.15, 0.2) is 84.9 Å². The Morgan fingerprint density at radius 1 is 0.780 bits per heavy atom. The fourth-order valence-electron chi connectivity index (χ4n) is 4.57. The Morgan fingerprint density at radius 2 is 1.32 bits per heavy atom. The quantitative estimate of drug-likeness (QED) is 0.316. The molecule has 3 N–H and O–H groups in total. The zero-order valence-electron chi connectivity index (χ0n) is 24.5. The van der Waals surface area contributed by atoms with Crippen molar-refractivity contribution in [2.45, 2.75) is 44.3 Å². The van der Waals surface area contributed by atoms with Crippen molar-refractivity contribution in [1.29, 1.82) is 0 Å². The van der Waals surface area contributed by atoms with Gasteiger partial charge in [-0.1, -0.05) is 91.9 Å². The van der Waals surface area contributed by atoms with Crippen molar-refractivity contribution in [3.05, 3.63) is 96.1 Å². The summed E-state index contributed by atoms with van der Waals surface area (Å²) in [7, 11) is 4.77. The highest BCUT2D eigenvalue weighted by Gasteiger charge is 2.35. The zero-order valence-corrected chi connectivity index (χ0v) is 24.5. The van der Waals surface area contributed by atoms with Crippen LogP contribution in [0.2, 0.25) is 0 Å². The molecule has 3 amide bonds. The van der Waals surface area contributed by atoms with Crippen LogP contribution in [0.5, 0.6) is 0 Å². The number of hydrogen-bond acceptors (Lipinski definition) is 5. The monoisotopic (exact) mass is 558 g/mol. The van der Waals surface area contributed by atoms with E-state index < -0.39 is 12.1 Å². The lowest BCUT2D eigenvalue weighted by molar-refractivity contribution is -0.149.